The second kappa shape index (κ2) is 4.02. The van der Waals surface area contributed by atoms with Gasteiger partial charge in [0.1, 0.15) is 0 Å². The Morgan fingerprint density at radius 1 is 1.33 bits per heavy atom. The van der Waals surface area contributed by atoms with Crippen LogP contribution in [0.2, 0.25) is 0 Å². The van der Waals surface area contributed by atoms with Gasteiger partial charge in [-0.15, -0.1) is 0 Å². The number of ether oxygens (including phenoxy) is 2. The largest absolute Gasteiger partial charge is 0.505 e. The Bertz CT molecular complexity index is 486. The van der Waals surface area contributed by atoms with Crippen LogP contribution in [0.1, 0.15) is 24.8 Å². The zero-order valence-electron chi connectivity index (χ0n) is 10.0. The van der Waals surface area contributed by atoms with Gasteiger partial charge in [-0.25, -0.2) is 4.39 Å². The van der Waals surface area contributed by atoms with Gasteiger partial charge in [0.2, 0.25) is 0 Å². The summed E-state index contributed by atoms with van der Waals surface area (Å²) in [6, 6.07) is 1.18. The number of hydrogen-bond acceptors (Lipinski definition) is 4. The Balaban J connectivity index is 2.05. The molecule has 5 heteroatoms. The number of halogens is 1. The maximum atomic E-state index is 13.7. The van der Waals surface area contributed by atoms with Gasteiger partial charge < -0.3 is 20.3 Å². The fraction of sp³-hybridized carbons (Fsp3) is 0.538. The van der Waals surface area contributed by atoms with Gasteiger partial charge in [0.25, 0.3) is 0 Å². The number of rotatable bonds is 2. The Morgan fingerprint density at radius 3 is 2.78 bits per heavy atom. The van der Waals surface area contributed by atoms with Gasteiger partial charge in [-0.05, 0) is 19.3 Å². The summed E-state index contributed by atoms with van der Waals surface area (Å²) >= 11 is 0. The zero-order chi connectivity index (χ0) is 12.8. The molecule has 0 aromatic heterocycles. The first-order valence-electron chi connectivity index (χ1n) is 6.18. The molecule has 1 fully saturated rings. The van der Waals surface area contributed by atoms with Gasteiger partial charge >= 0.3 is 0 Å². The van der Waals surface area contributed by atoms with Gasteiger partial charge in [-0.2, -0.15) is 0 Å². The summed E-state index contributed by atoms with van der Waals surface area (Å²) in [5, 5.41) is 9.87. The van der Waals surface area contributed by atoms with Crippen LogP contribution in [0.4, 0.5) is 4.39 Å². The molecular formula is C13H16FNO3. The van der Waals surface area contributed by atoms with Crippen LogP contribution in [0.3, 0.4) is 0 Å². The second-order valence-electron chi connectivity index (χ2n) is 5.10. The Labute approximate surface area is 105 Å². The van der Waals surface area contributed by atoms with Crippen LogP contribution in [0, 0.1) is 5.82 Å². The summed E-state index contributed by atoms with van der Waals surface area (Å²) < 4.78 is 24.7. The van der Waals surface area contributed by atoms with Gasteiger partial charge in [0.05, 0.1) is 13.2 Å². The zero-order valence-corrected chi connectivity index (χ0v) is 10.0. The highest BCUT2D eigenvalue weighted by atomic mass is 19.1. The van der Waals surface area contributed by atoms with Crippen LogP contribution < -0.4 is 15.2 Å². The minimum atomic E-state index is -0.682. The second-order valence-corrected chi connectivity index (χ2v) is 5.10. The lowest BCUT2D eigenvalue weighted by Gasteiger charge is -2.17. The van der Waals surface area contributed by atoms with E-state index in [1.807, 2.05) is 0 Å². The molecule has 3 rings (SSSR count). The third-order valence-electron chi connectivity index (χ3n) is 3.48. The van der Waals surface area contributed by atoms with Crippen LogP contribution >= 0.6 is 0 Å². The number of nitrogens with two attached hydrogens (primary N) is 1. The van der Waals surface area contributed by atoms with Crippen molar-refractivity contribution in [2.45, 2.75) is 31.2 Å². The molecule has 1 aliphatic carbocycles. The average molecular weight is 253 g/mol. The summed E-state index contributed by atoms with van der Waals surface area (Å²) in [6.45, 7) is 0.993. The Kier molecular flexibility index (Phi) is 2.59. The predicted molar refractivity (Wildman–Crippen MR) is 63.5 cm³/mol. The predicted octanol–water partition coefficient (Wildman–Crippen LogP) is 1.73. The van der Waals surface area contributed by atoms with E-state index in [1.165, 1.54) is 6.07 Å². The maximum absolute atomic E-state index is 13.7. The van der Waals surface area contributed by atoms with Crippen LogP contribution in [0.15, 0.2) is 6.07 Å². The molecule has 1 saturated carbocycles. The first kappa shape index (κ1) is 11.6. The van der Waals surface area contributed by atoms with Crippen LogP contribution in [0.25, 0.3) is 0 Å². The minimum absolute atomic E-state index is 0.325. The number of benzene rings is 1. The fourth-order valence-electron chi connectivity index (χ4n) is 2.18. The van der Waals surface area contributed by atoms with Crippen molar-refractivity contribution in [3.63, 3.8) is 0 Å². The molecule has 0 spiro atoms. The molecular weight excluding hydrogens is 237 g/mol. The van der Waals surface area contributed by atoms with Crippen molar-refractivity contribution >= 4 is 0 Å². The quantitative estimate of drug-likeness (QED) is 0.842. The first-order chi connectivity index (χ1) is 8.59. The first-order valence-corrected chi connectivity index (χ1v) is 6.18. The topological polar surface area (TPSA) is 64.7 Å². The summed E-state index contributed by atoms with van der Waals surface area (Å²) in [5.41, 5.74) is 6.15. The lowest BCUT2D eigenvalue weighted by molar-refractivity contribution is 0.295. The van der Waals surface area contributed by atoms with E-state index in [4.69, 9.17) is 15.2 Å². The van der Waals surface area contributed by atoms with Crippen LogP contribution in [0.5, 0.6) is 17.2 Å². The molecule has 0 atom stereocenters. The van der Waals surface area contributed by atoms with Crippen molar-refractivity contribution in [3.8, 4) is 17.2 Å². The van der Waals surface area contributed by atoms with E-state index >= 15 is 0 Å². The number of phenolic OH excluding ortho intramolecular Hbond substituents is 1. The smallest absolute Gasteiger partial charge is 0.169 e. The van der Waals surface area contributed by atoms with E-state index in [-0.39, 0.29) is 11.3 Å². The van der Waals surface area contributed by atoms with E-state index in [2.05, 4.69) is 0 Å². The third kappa shape index (κ3) is 1.99. The van der Waals surface area contributed by atoms with Gasteiger partial charge in [0, 0.05) is 23.6 Å². The summed E-state index contributed by atoms with van der Waals surface area (Å²) in [7, 11) is 0. The van der Waals surface area contributed by atoms with Crippen molar-refractivity contribution in [1.82, 2.24) is 0 Å². The molecule has 4 nitrogen and oxygen atoms in total. The standard InChI is InChI=1S/C13H16FNO3/c14-9-6-10-12(18-5-1-4-17-10)8(11(9)16)7-13(15)2-3-13/h6,16H,1-5,7,15H2. The molecule has 1 aliphatic heterocycles. The number of phenols is 1. The molecule has 18 heavy (non-hydrogen) atoms. The molecule has 98 valence electrons. The molecule has 1 heterocycles. The number of fused-ring (bicyclic) bond motifs is 1. The molecule has 2 aliphatic rings. The highest BCUT2D eigenvalue weighted by Crippen LogP contribution is 2.45. The average Bonchev–Trinajstić information content (AvgIpc) is 3.09. The van der Waals surface area contributed by atoms with Crippen molar-refractivity contribution < 1.29 is 19.0 Å². The molecule has 0 saturated heterocycles. The highest BCUT2D eigenvalue weighted by Gasteiger charge is 2.40. The molecule has 0 amide bonds. The van der Waals surface area contributed by atoms with Crippen LogP contribution in [-0.2, 0) is 6.42 Å². The third-order valence-corrected chi connectivity index (χ3v) is 3.48. The van der Waals surface area contributed by atoms with E-state index in [1.54, 1.807) is 0 Å². The summed E-state index contributed by atoms with van der Waals surface area (Å²) in [5.74, 6) is -0.236. The van der Waals surface area contributed by atoms with E-state index in [0.717, 1.165) is 19.3 Å². The van der Waals surface area contributed by atoms with Crippen molar-refractivity contribution in [1.29, 1.82) is 0 Å². The SMILES string of the molecule is NC1(Cc2c(O)c(F)cc3c2OCCCO3)CC1. The van der Waals surface area contributed by atoms with Gasteiger partial charge in [-0.1, -0.05) is 0 Å². The fourth-order valence-corrected chi connectivity index (χ4v) is 2.18. The number of aromatic hydroxyl groups is 1. The Hall–Kier alpha value is -1.49. The molecule has 0 unspecified atom stereocenters. The minimum Gasteiger partial charge on any atom is -0.505 e. The normalized spacial score (nSPS) is 20.3. The maximum Gasteiger partial charge on any atom is 0.169 e. The molecule has 1 aromatic rings. The Morgan fingerprint density at radius 2 is 2.06 bits per heavy atom. The van der Waals surface area contributed by atoms with E-state index < -0.39 is 5.82 Å². The lowest BCUT2D eigenvalue weighted by atomic mass is 10.0. The monoisotopic (exact) mass is 253 g/mol. The van der Waals surface area contributed by atoms with Crippen molar-refractivity contribution in [2.75, 3.05) is 13.2 Å². The number of hydrogen-bond donors (Lipinski definition) is 2. The summed E-state index contributed by atoms with van der Waals surface area (Å²) in [6.07, 6.45) is 2.93. The summed E-state index contributed by atoms with van der Waals surface area (Å²) in [4.78, 5) is 0. The van der Waals surface area contributed by atoms with Crippen molar-refractivity contribution in [2.24, 2.45) is 5.73 Å². The van der Waals surface area contributed by atoms with Crippen LogP contribution in [-0.4, -0.2) is 23.9 Å². The lowest BCUT2D eigenvalue weighted by Crippen LogP contribution is -2.25. The van der Waals surface area contributed by atoms with Crippen molar-refractivity contribution in [3.05, 3.63) is 17.4 Å². The molecule has 3 N–H and O–H groups in total. The molecule has 0 radical (unpaired) electrons. The van der Waals surface area contributed by atoms with Gasteiger partial charge in [-0.3, -0.25) is 0 Å². The van der Waals surface area contributed by atoms with Gasteiger partial charge in [0.15, 0.2) is 23.1 Å². The van der Waals surface area contributed by atoms with E-state index in [0.29, 0.717) is 36.7 Å². The highest BCUT2D eigenvalue weighted by molar-refractivity contribution is 5.55. The van der Waals surface area contributed by atoms with E-state index in [9.17, 15) is 9.50 Å². The molecule has 1 aromatic carbocycles. The molecule has 0 bridgehead atoms.